The smallest absolute Gasteiger partial charge is 0.223 e. The van der Waals surface area contributed by atoms with Crippen LogP contribution >= 0.6 is 0 Å². The maximum absolute atomic E-state index is 12.7. The van der Waals surface area contributed by atoms with Gasteiger partial charge in [-0.05, 0) is 31.1 Å². The van der Waals surface area contributed by atoms with Crippen LogP contribution in [0.2, 0.25) is 0 Å². The molecule has 0 N–H and O–H groups in total. The third-order valence-corrected chi connectivity index (χ3v) is 3.79. The Hall–Kier alpha value is -0.530. The molecule has 0 aliphatic carbocycles. The largest absolute Gasteiger partial charge is 0.337 e. The van der Waals surface area contributed by atoms with Gasteiger partial charge in [-0.1, -0.05) is 54.9 Å². The Balaban J connectivity index is 5.08. The highest BCUT2D eigenvalue weighted by Crippen LogP contribution is 2.25. The number of rotatable bonds is 8. The molecule has 0 radical (unpaired) electrons. The average Bonchev–Trinajstić information content (AvgIpc) is 2.31. The predicted molar refractivity (Wildman–Crippen MR) is 84.3 cm³/mol. The van der Waals surface area contributed by atoms with Crippen LogP contribution in [0.3, 0.4) is 0 Å². The van der Waals surface area contributed by atoms with Gasteiger partial charge in [0, 0.05) is 18.5 Å². The van der Waals surface area contributed by atoms with Gasteiger partial charge in [0.15, 0.2) is 0 Å². The molecule has 2 nitrogen and oxygen atoms in total. The Morgan fingerprint density at radius 1 is 0.947 bits per heavy atom. The van der Waals surface area contributed by atoms with Gasteiger partial charge in [-0.25, -0.2) is 0 Å². The first-order valence-corrected chi connectivity index (χ1v) is 8.11. The van der Waals surface area contributed by atoms with Crippen LogP contribution in [0.25, 0.3) is 0 Å². The molecular weight excluding hydrogens is 234 g/mol. The molecule has 0 saturated heterocycles. The van der Waals surface area contributed by atoms with Crippen molar-refractivity contribution in [3.8, 4) is 0 Å². The molecule has 0 aromatic heterocycles. The first-order chi connectivity index (χ1) is 8.80. The third-order valence-electron chi connectivity index (χ3n) is 3.79. The van der Waals surface area contributed by atoms with Gasteiger partial charge >= 0.3 is 0 Å². The molecule has 114 valence electrons. The van der Waals surface area contributed by atoms with Crippen LogP contribution in [0.15, 0.2) is 0 Å². The summed E-state index contributed by atoms with van der Waals surface area (Å²) >= 11 is 0. The molecule has 2 heteroatoms. The van der Waals surface area contributed by atoms with Gasteiger partial charge in [-0.2, -0.15) is 0 Å². The summed E-state index contributed by atoms with van der Waals surface area (Å²) in [6.07, 6.45) is 6.13. The van der Waals surface area contributed by atoms with Gasteiger partial charge in [0.05, 0.1) is 0 Å². The summed E-state index contributed by atoms with van der Waals surface area (Å²) in [6.45, 7) is 15.3. The molecular formula is C17H35NO. The van der Waals surface area contributed by atoms with Crippen LogP contribution < -0.4 is 0 Å². The molecule has 0 aliphatic rings. The van der Waals surface area contributed by atoms with Crippen molar-refractivity contribution in [1.82, 2.24) is 4.90 Å². The second-order valence-corrected chi connectivity index (χ2v) is 6.86. The Morgan fingerprint density at radius 2 is 1.42 bits per heavy atom. The minimum absolute atomic E-state index is 0.0753. The van der Waals surface area contributed by atoms with E-state index >= 15 is 0 Å². The summed E-state index contributed by atoms with van der Waals surface area (Å²) in [4.78, 5) is 14.9. The van der Waals surface area contributed by atoms with E-state index in [0.717, 1.165) is 32.1 Å². The third kappa shape index (κ3) is 6.44. The highest BCUT2D eigenvalue weighted by Gasteiger charge is 2.29. The summed E-state index contributed by atoms with van der Waals surface area (Å²) in [5.74, 6) is 0.349. The van der Waals surface area contributed by atoms with Crippen molar-refractivity contribution < 1.29 is 4.79 Å². The fraction of sp³-hybridized carbons (Fsp3) is 0.941. The van der Waals surface area contributed by atoms with E-state index in [0.29, 0.717) is 24.4 Å². The van der Waals surface area contributed by atoms with E-state index in [4.69, 9.17) is 0 Å². The lowest BCUT2D eigenvalue weighted by Crippen LogP contribution is -2.47. The van der Waals surface area contributed by atoms with Crippen molar-refractivity contribution in [2.45, 2.75) is 99.1 Å². The van der Waals surface area contributed by atoms with E-state index in [1.165, 1.54) is 0 Å². The zero-order valence-corrected chi connectivity index (χ0v) is 14.3. The van der Waals surface area contributed by atoms with Crippen molar-refractivity contribution >= 4 is 5.91 Å². The minimum Gasteiger partial charge on any atom is -0.337 e. The fourth-order valence-corrected chi connectivity index (χ4v) is 2.81. The van der Waals surface area contributed by atoms with Crippen molar-refractivity contribution in [3.63, 3.8) is 0 Å². The Bertz CT molecular complexity index is 250. The van der Waals surface area contributed by atoms with Crippen LogP contribution in [-0.4, -0.2) is 22.9 Å². The molecule has 0 aromatic carbocycles. The number of hydrogen-bond donors (Lipinski definition) is 0. The van der Waals surface area contributed by atoms with Gasteiger partial charge in [0.2, 0.25) is 5.91 Å². The van der Waals surface area contributed by atoms with Crippen LogP contribution in [0.4, 0.5) is 0 Å². The number of carbonyl (C=O) groups excluding carboxylic acids is 1. The average molecular weight is 269 g/mol. The first-order valence-electron chi connectivity index (χ1n) is 8.11. The fourth-order valence-electron chi connectivity index (χ4n) is 2.81. The first kappa shape index (κ1) is 18.5. The molecule has 0 aliphatic heterocycles. The number of nitrogens with zero attached hydrogens (tertiary/aromatic N) is 1. The highest BCUT2D eigenvalue weighted by molar-refractivity contribution is 5.77. The molecule has 1 amide bonds. The zero-order valence-electron chi connectivity index (χ0n) is 14.3. The molecule has 1 unspecified atom stereocenters. The predicted octanol–water partition coefficient (Wildman–Crippen LogP) is 5.02. The van der Waals surface area contributed by atoms with Crippen LogP contribution in [-0.2, 0) is 4.79 Å². The summed E-state index contributed by atoms with van der Waals surface area (Å²) in [6, 6.07) is 0.830. The molecule has 0 spiro atoms. The van der Waals surface area contributed by atoms with Gasteiger partial charge in [0.25, 0.3) is 0 Å². The van der Waals surface area contributed by atoms with E-state index < -0.39 is 0 Å². The van der Waals surface area contributed by atoms with Crippen LogP contribution in [0.5, 0.6) is 0 Å². The van der Waals surface area contributed by atoms with Gasteiger partial charge in [0.1, 0.15) is 0 Å². The topological polar surface area (TPSA) is 20.3 Å². The summed E-state index contributed by atoms with van der Waals surface area (Å²) in [7, 11) is 0. The van der Waals surface area contributed by atoms with E-state index in [-0.39, 0.29) is 5.41 Å². The molecule has 0 fully saturated rings. The lowest BCUT2D eigenvalue weighted by molar-refractivity contribution is -0.138. The Kier molecular flexibility index (Phi) is 8.36. The molecule has 0 rings (SSSR count). The summed E-state index contributed by atoms with van der Waals surface area (Å²) in [5, 5.41) is 0. The van der Waals surface area contributed by atoms with Gasteiger partial charge < -0.3 is 4.90 Å². The molecule has 1 atom stereocenters. The lowest BCUT2D eigenvalue weighted by Gasteiger charge is -2.39. The normalized spacial score (nSPS) is 13.7. The Morgan fingerprint density at radius 3 is 1.74 bits per heavy atom. The lowest BCUT2D eigenvalue weighted by atomic mass is 9.90. The molecule has 0 saturated carbocycles. The monoisotopic (exact) mass is 269 g/mol. The Labute approximate surface area is 120 Å². The maximum atomic E-state index is 12.7. The quantitative estimate of drug-likeness (QED) is 0.606. The van der Waals surface area contributed by atoms with E-state index in [1.54, 1.807) is 0 Å². The van der Waals surface area contributed by atoms with Crippen LogP contribution in [0.1, 0.15) is 87.0 Å². The van der Waals surface area contributed by atoms with Crippen molar-refractivity contribution in [1.29, 1.82) is 0 Å². The summed E-state index contributed by atoms with van der Waals surface area (Å²) < 4.78 is 0. The molecule has 0 aromatic rings. The van der Waals surface area contributed by atoms with Crippen molar-refractivity contribution in [3.05, 3.63) is 0 Å². The van der Waals surface area contributed by atoms with Crippen molar-refractivity contribution in [2.75, 3.05) is 0 Å². The van der Waals surface area contributed by atoms with Crippen LogP contribution in [0, 0.1) is 5.41 Å². The van der Waals surface area contributed by atoms with E-state index in [1.807, 2.05) is 0 Å². The highest BCUT2D eigenvalue weighted by atomic mass is 16.2. The molecule has 19 heavy (non-hydrogen) atoms. The summed E-state index contributed by atoms with van der Waals surface area (Å²) in [5.41, 5.74) is 0.0753. The van der Waals surface area contributed by atoms with Gasteiger partial charge in [-0.3, -0.25) is 4.79 Å². The second kappa shape index (κ2) is 8.60. The van der Waals surface area contributed by atoms with Crippen molar-refractivity contribution in [2.24, 2.45) is 5.41 Å². The molecule has 0 bridgehead atoms. The van der Waals surface area contributed by atoms with E-state index in [2.05, 4.69) is 53.4 Å². The second-order valence-electron chi connectivity index (χ2n) is 6.86. The number of carbonyl (C=O) groups is 1. The standard InChI is InChI=1S/C17H35NO/c1-8-12-15(11-4)18(14(9-2)10-3)16(19)13-17(5,6)7/h14-15H,8-13H2,1-7H3. The zero-order chi connectivity index (χ0) is 15.1. The van der Waals surface area contributed by atoms with Gasteiger partial charge in [-0.15, -0.1) is 0 Å². The number of hydrogen-bond acceptors (Lipinski definition) is 1. The molecule has 0 heterocycles. The minimum atomic E-state index is 0.0753. The maximum Gasteiger partial charge on any atom is 0.223 e. The number of amides is 1. The SMILES string of the molecule is CCCC(CC)N(C(=O)CC(C)(C)C)C(CC)CC. The van der Waals surface area contributed by atoms with E-state index in [9.17, 15) is 4.79 Å².